The number of amides is 1. The first-order chi connectivity index (χ1) is 21.2. The number of hydrogen-bond donors (Lipinski definition) is 0. The van der Waals surface area contributed by atoms with E-state index in [2.05, 4.69) is 25.7 Å². The molecule has 234 valence electrons. The zero-order valence-corrected chi connectivity index (χ0v) is 26.7. The summed E-state index contributed by atoms with van der Waals surface area (Å²) in [6, 6.07) is 8.10. The number of carbonyl (C=O) groups excluding carboxylic acids is 2. The number of piperidine rings is 1. The summed E-state index contributed by atoms with van der Waals surface area (Å²) in [7, 11) is 0. The molecule has 1 aromatic carbocycles. The highest BCUT2D eigenvalue weighted by atomic mass is 16.6. The average molecular weight is 601 g/mol. The number of rotatable bonds is 8. The molecule has 0 aliphatic carbocycles. The number of cyclic esters (lactones) is 1. The molecule has 3 aliphatic rings. The van der Waals surface area contributed by atoms with E-state index in [1.54, 1.807) is 10.6 Å². The van der Waals surface area contributed by atoms with Crippen LogP contribution in [0.2, 0.25) is 0 Å². The molecule has 5 heterocycles. The first-order valence-electron chi connectivity index (χ1n) is 16.3. The molecule has 1 saturated heterocycles. The Bertz CT molecular complexity index is 1670. The number of fused-ring (bicyclic) bond motifs is 5. The SMILES string of the molecule is CCCCN(CC)C1CCN(C(=O)Oc2ccc3nc4c(c(CC)c3c2)Cn2c-4cc3c(c2=O)COC(=O)C3(C)CC)CC1. The van der Waals surface area contributed by atoms with Crippen molar-refractivity contribution < 1.29 is 19.1 Å². The second-order valence-electron chi connectivity index (χ2n) is 12.6. The predicted molar refractivity (Wildman–Crippen MR) is 170 cm³/mol. The van der Waals surface area contributed by atoms with Gasteiger partial charge in [-0.1, -0.05) is 34.1 Å². The number of unbranched alkanes of at least 4 members (excludes halogenated alkanes) is 1. The molecule has 3 aliphatic heterocycles. The van der Waals surface area contributed by atoms with E-state index >= 15 is 0 Å². The molecule has 9 nitrogen and oxygen atoms in total. The summed E-state index contributed by atoms with van der Waals surface area (Å²) < 4.78 is 13.1. The summed E-state index contributed by atoms with van der Waals surface area (Å²) >= 11 is 0. The zero-order chi connectivity index (χ0) is 31.2. The largest absolute Gasteiger partial charge is 0.460 e. The Morgan fingerprint density at radius 1 is 1.11 bits per heavy atom. The van der Waals surface area contributed by atoms with E-state index in [9.17, 15) is 14.4 Å². The van der Waals surface area contributed by atoms with Gasteiger partial charge in [-0.3, -0.25) is 9.59 Å². The molecule has 0 radical (unpaired) electrons. The molecule has 9 heteroatoms. The lowest BCUT2D eigenvalue weighted by Crippen LogP contribution is -2.47. The molecule has 0 spiro atoms. The lowest BCUT2D eigenvalue weighted by molar-refractivity contribution is -0.153. The van der Waals surface area contributed by atoms with Crippen LogP contribution in [0.25, 0.3) is 22.3 Å². The van der Waals surface area contributed by atoms with Gasteiger partial charge in [-0.05, 0) is 87.5 Å². The van der Waals surface area contributed by atoms with Crippen molar-refractivity contribution in [1.29, 1.82) is 0 Å². The second kappa shape index (κ2) is 12.0. The van der Waals surface area contributed by atoms with Crippen molar-refractivity contribution in [2.45, 2.75) is 97.8 Å². The van der Waals surface area contributed by atoms with Crippen LogP contribution in [0.15, 0.2) is 29.1 Å². The quantitative estimate of drug-likeness (QED) is 0.236. The molecule has 3 aromatic rings. The number of pyridine rings is 2. The van der Waals surface area contributed by atoms with Crippen LogP contribution in [-0.2, 0) is 34.5 Å². The van der Waals surface area contributed by atoms with Crippen molar-refractivity contribution in [2.75, 3.05) is 26.2 Å². The average Bonchev–Trinajstić information content (AvgIpc) is 3.41. The summed E-state index contributed by atoms with van der Waals surface area (Å²) in [4.78, 5) is 49.0. The van der Waals surface area contributed by atoms with Gasteiger partial charge in [0.2, 0.25) is 0 Å². The van der Waals surface area contributed by atoms with Crippen LogP contribution in [0.3, 0.4) is 0 Å². The van der Waals surface area contributed by atoms with Gasteiger partial charge < -0.3 is 23.8 Å². The maximum absolute atomic E-state index is 13.7. The van der Waals surface area contributed by atoms with Gasteiger partial charge in [0.1, 0.15) is 12.4 Å². The summed E-state index contributed by atoms with van der Waals surface area (Å²) in [5.41, 5.74) is 4.69. The summed E-state index contributed by atoms with van der Waals surface area (Å²) in [6.07, 6.45) is 5.27. The van der Waals surface area contributed by atoms with Gasteiger partial charge >= 0.3 is 12.1 Å². The fraction of sp³-hybridized carbons (Fsp3) is 0.543. The molecular formula is C35H44N4O5. The fourth-order valence-electron chi connectivity index (χ4n) is 7.31. The van der Waals surface area contributed by atoms with E-state index < -0.39 is 5.41 Å². The van der Waals surface area contributed by atoms with Gasteiger partial charge in [0.15, 0.2) is 0 Å². The van der Waals surface area contributed by atoms with Crippen LogP contribution in [0.5, 0.6) is 5.75 Å². The topological polar surface area (TPSA) is 94.0 Å². The van der Waals surface area contributed by atoms with Gasteiger partial charge in [0.05, 0.1) is 34.4 Å². The molecule has 1 unspecified atom stereocenters. The van der Waals surface area contributed by atoms with Crippen LogP contribution in [-0.4, -0.2) is 63.6 Å². The minimum atomic E-state index is -0.867. The van der Waals surface area contributed by atoms with E-state index in [0.717, 1.165) is 71.3 Å². The normalized spacial score (nSPS) is 19.6. The van der Waals surface area contributed by atoms with Crippen LogP contribution < -0.4 is 10.3 Å². The minimum absolute atomic E-state index is 0.00261. The predicted octanol–water partition coefficient (Wildman–Crippen LogP) is 5.80. The van der Waals surface area contributed by atoms with Gasteiger partial charge in [-0.15, -0.1) is 0 Å². The molecule has 1 fully saturated rings. The number of aromatic nitrogens is 2. The van der Waals surface area contributed by atoms with Gasteiger partial charge in [-0.25, -0.2) is 9.78 Å². The number of esters is 1. The molecule has 1 atom stereocenters. The molecule has 0 saturated carbocycles. The molecular weight excluding hydrogens is 556 g/mol. The number of carbonyl (C=O) groups is 2. The van der Waals surface area contributed by atoms with Crippen LogP contribution in [0.1, 0.15) is 89.0 Å². The zero-order valence-electron chi connectivity index (χ0n) is 26.7. The molecule has 0 N–H and O–H groups in total. The Labute approximate surface area is 259 Å². The Kier molecular flexibility index (Phi) is 8.26. The maximum Gasteiger partial charge on any atom is 0.415 e. The highest BCUT2D eigenvalue weighted by molar-refractivity contribution is 5.90. The van der Waals surface area contributed by atoms with Crippen LogP contribution >= 0.6 is 0 Å². The maximum atomic E-state index is 13.7. The number of benzene rings is 1. The van der Waals surface area contributed by atoms with Crippen molar-refractivity contribution in [3.05, 3.63) is 56.9 Å². The summed E-state index contributed by atoms with van der Waals surface area (Å²) in [6.45, 7) is 14.3. The first-order valence-corrected chi connectivity index (χ1v) is 16.3. The van der Waals surface area contributed by atoms with E-state index in [-0.39, 0.29) is 24.2 Å². The van der Waals surface area contributed by atoms with Crippen molar-refractivity contribution in [2.24, 2.45) is 0 Å². The lowest BCUT2D eigenvalue weighted by Gasteiger charge is -2.37. The molecule has 1 amide bonds. The number of hydrogen-bond acceptors (Lipinski definition) is 7. The number of likely N-dealkylation sites (tertiary alicyclic amines) is 1. The number of aryl methyl sites for hydroxylation is 1. The third kappa shape index (κ3) is 4.99. The lowest BCUT2D eigenvalue weighted by atomic mass is 9.76. The van der Waals surface area contributed by atoms with Crippen LogP contribution in [0, 0.1) is 0 Å². The summed E-state index contributed by atoms with van der Waals surface area (Å²) in [5.74, 6) is 0.203. The van der Waals surface area contributed by atoms with E-state index in [1.165, 1.54) is 12.8 Å². The monoisotopic (exact) mass is 600 g/mol. The third-order valence-electron chi connectivity index (χ3n) is 10.2. The Morgan fingerprint density at radius 3 is 2.57 bits per heavy atom. The number of ether oxygens (including phenoxy) is 2. The van der Waals surface area contributed by atoms with Crippen molar-refractivity contribution in [1.82, 2.24) is 19.4 Å². The van der Waals surface area contributed by atoms with Gasteiger partial charge in [0.25, 0.3) is 5.56 Å². The number of nitrogens with zero attached hydrogens (tertiary/aromatic N) is 4. The Balaban J connectivity index is 1.26. The van der Waals surface area contributed by atoms with E-state index in [1.807, 2.05) is 36.9 Å². The molecule has 6 rings (SSSR count). The molecule has 2 aromatic heterocycles. The highest BCUT2D eigenvalue weighted by Gasteiger charge is 2.43. The standard InChI is InChI=1S/C35H44N4O5/c1-6-10-15-37(9-4)22-13-16-38(17-14-22)34(42)44-23-11-12-29-25(18-23)24(7-2)26-20-39-30(31(26)36-29)19-28-27(32(39)40)21-43-33(41)35(28,5)8-3/h11-12,18-19,22H,6-10,13-17,20-21H2,1-5H3. The fourth-order valence-corrected chi connectivity index (χ4v) is 7.31. The van der Waals surface area contributed by atoms with Gasteiger partial charge in [0, 0.05) is 30.1 Å². The van der Waals surface area contributed by atoms with Gasteiger partial charge in [-0.2, -0.15) is 0 Å². The first kappa shape index (κ1) is 30.3. The Hall–Kier alpha value is -3.72. The van der Waals surface area contributed by atoms with E-state index in [0.29, 0.717) is 43.4 Å². The Morgan fingerprint density at radius 2 is 1.89 bits per heavy atom. The molecule has 0 bridgehead atoms. The minimum Gasteiger partial charge on any atom is -0.460 e. The third-order valence-corrected chi connectivity index (χ3v) is 10.2. The second-order valence-corrected chi connectivity index (χ2v) is 12.6. The van der Waals surface area contributed by atoms with Crippen molar-refractivity contribution in [3.63, 3.8) is 0 Å². The van der Waals surface area contributed by atoms with Crippen molar-refractivity contribution in [3.8, 4) is 17.1 Å². The smallest absolute Gasteiger partial charge is 0.415 e. The molecule has 44 heavy (non-hydrogen) atoms. The van der Waals surface area contributed by atoms with Crippen LogP contribution in [0.4, 0.5) is 4.79 Å². The summed E-state index contributed by atoms with van der Waals surface area (Å²) in [5, 5.41) is 0.923. The highest BCUT2D eigenvalue weighted by Crippen LogP contribution is 2.41. The van der Waals surface area contributed by atoms with E-state index in [4.69, 9.17) is 14.5 Å². The van der Waals surface area contributed by atoms with Crippen molar-refractivity contribution >= 4 is 23.0 Å².